The molecule has 0 saturated carbocycles. The molecule has 0 atom stereocenters. The number of ether oxygens (including phenoxy) is 1. The standard InChI is InChI=1S/C17H14N2O2S/c1-9-6-7-11-10(8-9)14-16(17(20)18-11)22-13-5-3-4-12(21-2)15(13)19-14/h3-8,19H,1-2H3,(H,18,20). The van der Waals surface area contributed by atoms with E-state index in [2.05, 4.69) is 16.4 Å². The van der Waals surface area contributed by atoms with Crippen molar-refractivity contribution in [3.63, 3.8) is 0 Å². The molecule has 2 N–H and O–H groups in total. The molecule has 1 aromatic heterocycles. The average molecular weight is 310 g/mol. The van der Waals surface area contributed by atoms with Crippen LogP contribution in [0.5, 0.6) is 5.75 Å². The van der Waals surface area contributed by atoms with Gasteiger partial charge in [0.1, 0.15) is 10.6 Å². The number of fused-ring (bicyclic) bond motifs is 4. The smallest absolute Gasteiger partial charge is 0.264 e. The fourth-order valence-corrected chi connectivity index (χ4v) is 3.76. The number of nitrogens with one attached hydrogen (secondary N) is 2. The van der Waals surface area contributed by atoms with E-state index in [-0.39, 0.29) is 5.56 Å². The normalized spacial score (nSPS) is 12.5. The van der Waals surface area contributed by atoms with Crippen LogP contribution in [0, 0.1) is 6.92 Å². The second-order valence-corrected chi connectivity index (χ2v) is 6.32. The Hall–Kier alpha value is -2.40. The Morgan fingerprint density at radius 1 is 1.14 bits per heavy atom. The Kier molecular flexibility index (Phi) is 2.90. The summed E-state index contributed by atoms with van der Waals surface area (Å²) in [6.07, 6.45) is 0. The summed E-state index contributed by atoms with van der Waals surface area (Å²) in [5.74, 6) is 0.775. The van der Waals surface area contributed by atoms with Gasteiger partial charge in [-0.05, 0) is 31.2 Å². The van der Waals surface area contributed by atoms with E-state index in [0.29, 0.717) is 4.90 Å². The Balaban J connectivity index is 2.02. The van der Waals surface area contributed by atoms with E-state index in [1.807, 2.05) is 37.3 Å². The van der Waals surface area contributed by atoms with Crippen molar-refractivity contribution < 1.29 is 4.74 Å². The number of hydrogen-bond donors (Lipinski definition) is 2. The lowest BCUT2D eigenvalue weighted by atomic mass is 10.1. The molecule has 4 nitrogen and oxygen atoms in total. The van der Waals surface area contributed by atoms with Gasteiger partial charge in [-0.15, -0.1) is 0 Å². The first-order valence-corrected chi connectivity index (χ1v) is 7.77. The van der Waals surface area contributed by atoms with E-state index in [0.717, 1.165) is 38.5 Å². The van der Waals surface area contributed by atoms with E-state index >= 15 is 0 Å². The summed E-state index contributed by atoms with van der Waals surface area (Å²) >= 11 is 1.47. The summed E-state index contributed by atoms with van der Waals surface area (Å²) in [7, 11) is 1.65. The predicted octanol–water partition coefficient (Wildman–Crippen LogP) is 4.05. The van der Waals surface area contributed by atoms with Crippen LogP contribution >= 0.6 is 11.8 Å². The summed E-state index contributed by atoms with van der Waals surface area (Å²) in [6.45, 7) is 2.04. The summed E-state index contributed by atoms with van der Waals surface area (Å²) < 4.78 is 5.43. The van der Waals surface area contributed by atoms with Crippen LogP contribution in [0.3, 0.4) is 0 Å². The third kappa shape index (κ3) is 1.89. The average Bonchev–Trinajstić information content (AvgIpc) is 2.54. The van der Waals surface area contributed by atoms with Crippen molar-refractivity contribution in [2.24, 2.45) is 0 Å². The van der Waals surface area contributed by atoms with Crippen LogP contribution in [-0.2, 0) is 0 Å². The first-order chi connectivity index (χ1) is 10.7. The molecule has 3 aromatic rings. The van der Waals surface area contributed by atoms with E-state index < -0.39 is 0 Å². The van der Waals surface area contributed by atoms with Crippen molar-refractivity contribution in [1.82, 2.24) is 4.98 Å². The minimum Gasteiger partial charge on any atom is -0.495 e. The van der Waals surface area contributed by atoms with Crippen molar-refractivity contribution in [3.05, 3.63) is 52.3 Å². The largest absolute Gasteiger partial charge is 0.495 e. The van der Waals surface area contributed by atoms with Crippen LogP contribution in [0.1, 0.15) is 5.56 Å². The topological polar surface area (TPSA) is 54.1 Å². The maximum Gasteiger partial charge on any atom is 0.264 e. The molecule has 2 heterocycles. The molecule has 0 radical (unpaired) electrons. The van der Waals surface area contributed by atoms with Gasteiger partial charge in [-0.3, -0.25) is 4.79 Å². The van der Waals surface area contributed by atoms with Crippen LogP contribution in [0.2, 0.25) is 0 Å². The lowest BCUT2D eigenvalue weighted by molar-refractivity contribution is 0.416. The molecular weight excluding hydrogens is 296 g/mol. The minimum absolute atomic E-state index is 0.0719. The van der Waals surface area contributed by atoms with Crippen LogP contribution in [0.25, 0.3) is 10.9 Å². The van der Waals surface area contributed by atoms with Crippen molar-refractivity contribution >= 4 is 34.0 Å². The van der Waals surface area contributed by atoms with Gasteiger partial charge < -0.3 is 15.0 Å². The minimum atomic E-state index is -0.0719. The third-order valence-corrected chi connectivity index (χ3v) is 4.95. The van der Waals surface area contributed by atoms with Gasteiger partial charge in [-0.2, -0.15) is 0 Å². The summed E-state index contributed by atoms with van der Waals surface area (Å²) in [5.41, 5.74) is 3.68. The number of para-hydroxylation sites is 1. The SMILES string of the molecule is COc1cccc2c1Nc1c(c(=O)[nH]c3ccc(C)cc13)S2. The van der Waals surface area contributed by atoms with Gasteiger partial charge in [-0.1, -0.05) is 29.5 Å². The van der Waals surface area contributed by atoms with Gasteiger partial charge in [0.05, 0.1) is 24.0 Å². The van der Waals surface area contributed by atoms with Crippen LogP contribution in [0.15, 0.2) is 51.0 Å². The zero-order chi connectivity index (χ0) is 15.3. The molecule has 22 heavy (non-hydrogen) atoms. The Bertz CT molecular complexity index is 963. The molecular formula is C17H14N2O2S. The summed E-state index contributed by atoms with van der Waals surface area (Å²) in [6, 6.07) is 11.8. The number of aromatic nitrogens is 1. The van der Waals surface area contributed by atoms with Crippen LogP contribution in [-0.4, -0.2) is 12.1 Å². The van der Waals surface area contributed by atoms with Crippen molar-refractivity contribution in [2.75, 3.05) is 12.4 Å². The monoisotopic (exact) mass is 310 g/mol. The molecule has 4 rings (SSSR count). The summed E-state index contributed by atoms with van der Waals surface area (Å²) in [5, 5.41) is 4.42. The molecule has 5 heteroatoms. The number of benzene rings is 2. The lowest BCUT2D eigenvalue weighted by Crippen LogP contribution is -2.14. The number of aromatic amines is 1. The van der Waals surface area contributed by atoms with Crippen LogP contribution < -0.4 is 15.6 Å². The molecule has 0 spiro atoms. The second kappa shape index (κ2) is 4.81. The highest BCUT2D eigenvalue weighted by Gasteiger charge is 2.23. The molecule has 2 aromatic carbocycles. The molecule has 1 aliphatic heterocycles. The number of H-pyrrole nitrogens is 1. The van der Waals surface area contributed by atoms with E-state index in [1.54, 1.807) is 7.11 Å². The Morgan fingerprint density at radius 3 is 2.82 bits per heavy atom. The molecule has 0 fully saturated rings. The molecule has 0 bridgehead atoms. The van der Waals surface area contributed by atoms with Gasteiger partial charge in [0.2, 0.25) is 0 Å². The lowest BCUT2D eigenvalue weighted by Gasteiger charge is -2.23. The molecule has 1 aliphatic rings. The molecule has 0 unspecified atom stereocenters. The molecule has 110 valence electrons. The maximum atomic E-state index is 12.4. The van der Waals surface area contributed by atoms with Crippen LogP contribution in [0.4, 0.5) is 11.4 Å². The number of methoxy groups -OCH3 is 1. The first kappa shape index (κ1) is 13.3. The van der Waals surface area contributed by atoms with Gasteiger partial charge in [0, 0.05) is 10.3 Å². The zero-order valence-electron chi connectivity index (χ0n) is 12.2. The van der Waals surface area contributed by atoms with Gasteiger partial charge >= 0.3 is 0 Å². The highest BCUT2D eigenvalue weighted by molar-refractivity contribution is 7.99. The van der Waals surface area contributed by atoms with Crippen molar-refractivity contribution in [2.45, 2.75) is 16.7 Å². The first-order valence-electron chi connectivity index (χ1n) is 6.96. The number of anilines is 2. The summed E-state index contributed by atoms with van der Waals surface area (Å²) in [4.78, 5) is 17.0. The molecule has 0 saturated heterocycles. The Morgan fingerprint density at radius 2 is 2.00 bits per heavy atom. The fourth-order valence-electron chi connectivity index (χ4n) is 2.73. The zero-order valence-corrected chi connectivity index (χ0v) is 13.0. The maximum absolute atomic E-state index is 12.4. The van der Waals surface area contributed by atoms with Gasteiger partial charge in [-0.25, -0.2) is 0 Å². The number of aryl methyl sites for hydroxylation is 1. The van der Waals surface area contributed by atoms with E-state index in [1.165, 1.54) is 11.8 Å². The molecule has 0 aliphatic carbocycles. The predicted molar refractivity (Wildman–Crippen MR) is 89.7 cm³/mol. The fraction of sp³-hybridized carbons (Fsp3) is 0.118. The van der Waals surface area contributed by atoms with E-state index in [4.69, 9.17) is 4.74 Å². The highest BCUT2D eigenvalue weighted by Crippen LogP contribution is 2.48. The Labute approximate surface area is 131 Å². The second-order valence-electron chi connectivity index (χ2n) is 5.27. The van der Waals surface area contributed by atoms with Crippen molar-refractivity contribution in [3.8, 4) is 5.75 Å². The number of rotatable bonds is 1. The van der Waals surface area contributed by atoms with Gasteiger partial charge in [0.25, 0.3) is 5.56 Å². The molecule has 0 amide bonds. The van der Waals surface area contributed by atoms with Gasteiger partial charge in [0.15, 0.2) is 0 Å². The number of pyridine rings is 1. The number of hydrogen-bond acceptors (Lipinski definition) is 4. The quantitative estimate of drug-likeness (QED) is 0.557. The van der Waals surface area contributed by atoms with Crippen molar-refractivity contribution in [1.29, 1.82) is 0 Å². The third-order valence-electron chi connectivity index (χ3n) is 3.80. The highest BCUT2D eigenvalue weighted by atomic mass is 32.2. The van der Waals surface area contributed by atoms with E-state index in [9.17, 15) is 4.79 Å².